The Kier molecular flexibility index (Phi) is 3.06. The van der Waals surface area contributed by atoms with Gasteiger partial charge in [-0.05, 0) is 24.3 Å². The molecule has 2 aromatic rings. The summed E-state index contributed by atoms with van der Waals surface area (Å²) in [5.74, 6) is -1.48. The normalized spacial score (nSPS) is 10.1. The van der Waals surface area contributed by atoms with E-state index >= 15 is 0 Å². The van der Waals surface area contributed by atoms with Crippen molar-refractivity contribution < 1.29 is 14.7 Å². The van der Waals surface area contributed by atoms with Crippen molar-refractivity contribution in [3.63, 3.8) is 0 Å². The molecule has 0 saturated carbocycles. The molecule has 0 atom stereocenters. The van der Waals surface area contributed by atoms with Gasteiger partial charge in [0.1, 0.15) is 11.4 Å². The summed E-state index contributed by atoms with van der Waals surface area (Å²) >= 11 is 0. The lowest BCUT2D eigenvalue weighted by Crippen LogP contribution is -2.14. The van der Waals surface area contributed by atoms with Gasteiger partial charge in [0.15, 0.2) is 5.82 Å². The SMILES string of the molecule is NC(=O)c1c(Nc2ccc(C(=O)O)cc2)n[nH]c1N. The van der Waals surface area contributed by atoms with Crippen molar-refractivity contribution in [2.75, 3.05) is 11.1 Å². The molecule has 0 aliphatic rings. The maximum Gasteiger partial charge on any atom is 0.335 e. The van der Waals surface area contributed by atoms with E-state index in [2.05, 4.69) is 15.5 Å². The van der Waals surface area contributed by atoms with Gasteiger partial charge in [0.25, 0.3) is 5.91 Å². The van der Waals surface area contributed by atoms with Crippen molar-refractivity contribution in [2.45, 2.75) is 0 Å². The average molecular weight is 261 g/mol. The summed E-state index contributed by atoms with van der Waals surface area (Å²) in [7, 11) is 0. The fraction of sp³-hybridized carbons (Fsp3) is 0. The number of amides is 1. The maximum atomic E-state index is 11.2. The molecule has 0 saturated heterocycles. The monoisotopic (exact) mass is 261 g/mol. The van der Waals surface area contributed by atoms with Gasteiger partial charge in [-0.3, -0.25) is 9.89 Å². The van der Waals surface area contributed by atoms with Crippen LogP contribution in [0.5, 0.6) is 0 Å². The Labute approximate surface area is 107 Å². The maximum absolute atomic E-state index is 11.2. The van der Waals surface area contributed by atoms with Crippen LogP contribution in [0.25, 0.3) is 0 Å². The number of aromatic carboxylic acids is 1. The first-order chi connectivity index (χ1) is 8.99. The molecular weight excluding hydrogens is 250 g/mol. The first-order valence-electron chi connectivity index (χ1n) is 5.23. The number of nitrogens with zero attached hydrogens (tertiary/aromatic N) is 1. The number of benzene rings is 1. The summed E-state index contributed by atoms with van der Waals surface area (Å²) in [6, 6.07) is 5.92. The molecule has 0 bridgehead atoms. The van der Waals surface area contributed by atoms with Crippen LogP contribution in [0.4, 0.5) is 17.3 Å². The number of carbonyl (C=O) groups excluding carboxylic acids is 1. The quantitative estimate of drug-likeness (QED) is 0.542. The van der Waals surface area contributed by atoms with E-state index in [1.54, 1.807) is 12.1 Å². The highest BCUT2D eigenvalue weighted by atomic mass is 16.4. The molecule has 8 heteroatoms. The van der Waals surface area contributed by atoms with Gasteiger partial charge < -0.3 is 21.9 Å². The highest BCUT2D eigenvalue weighted by molar-refractivity contribution is 6.02. The standard InChI is InChI=1S/C11H11N5O3/c12-8-7(9(13)17)10(16-15-8)14-6-3-1-5(2-4-6)11(18)19/h1-4H,(H2,13,17)(H,18,19)(H4,12,14,15,16). The highest BCUT2D eigenvalue weighted by Gasteiger charge is 2.16. The van der Waals surface area contributed by atoms with Crippen LogP contribution >= 0.6 is 0 Å². The second-order valence-electron chi connectivity index (χ2n) is 3.73. The van der Waals surface area contributed by atoms with E-state index < -0.39 is 11.9 Å². The third-order valence-electron chi connectivity index (χ3n) is 2.44. The summed E-state index contributed by atoms with van der Waals surface area (Å²) in [4.78, 5) is 21.9. The molecule has 1 aromatic carbocycles. The molecule has 19 heavy (non-hydrogen) atoms. The summed E-state index contributed by atoms with van der Waals surface area (Å²) in [6.07, 6.45) is 0. The molecule has 7 N–H and O–H groups in total. The van der Waals surface area contributed by atoms with Gasteiger partial charge in [-0.2, -0.15) is 5.10 Å². The number of carboxylic acids is 1. The van der Waals surface area contributed by atoms with Crippen molar-refractivity contribution >= 4 is 29.2 Å². The minimum absolute atomic E-state index is 0.0577. The molecule has 1 amide bonds. The number of carboxylic acid groups (broad SMARTS) is 1. The second-order valence-corrected chi connectivity index (χ2v) is 3.73. The van der Waals surface area contributed by atoms with E-state index in [4.69, 9.17) is 16.6 Å². The average Bonchev–Trinajstić information content (AvgIpc) is 2.71. The molecule has 98 valence electrons. The molecule has 1 aromatic heterocycles. The third kappa shape index (κ3) is 2.46. The number of nitrogens with two attached hydrogens (primary N) is 2. The van der Waals surface area contributed by atoms with Crippen LogP contribution in [-0.4, -0.2) is 27.2 Å². The minimum Gasteiger partial charge on any atom is -0.478 e. The van der Waals surface area contributed by atoms with E-state index in [1.165, 1.54) is 12.1 Å². The number of aromatic nitrogens is 2. The fourth-order valence-electron chi connectivity index (χ4n) is 1.53. The van der Waals surface area contributed by atoms with E-state index in [1.807, 2.05) is 0 Å². The van der Waals surface area contributed by atoms with Crippen molar-refractivity contribution in [3.8, 4) is 0 Å². The van der Waals surface area contributed by atoms with Gasteiger partial charge in [-0.1, -0.05) is 0 Å². The van der Waals surface area contributed by atoms with Gasteiger partial charge in [0, 0.05) is 5.69 Å². The first-order valence-corrected chi connectivity index (χ1v) is 5.23. The van der Waals surface area contributed by atoms with Crippen molar-refractivity contribution in [3.05, 3.63) is 35.4 Å². The lowest BCUT2D eigenvalue weighted by Gasteiger charge is -2.05. The second kappa shape index (κ2) is 4.69. The molecule has 0 radical (unpaired) electrons. The summed E-state index contributed by atoms with van der Waals surface area (Å²) < 4.78 is 0. The molecular formula is C11H11N5O3. The predicted octanol–water partition coefficient (Wildman–Crippen LogP) is 0.533. The van der Waals surface area contributed by atoms with Crippen LogP contribution in [0.15, 0.2) is 24.3 Å². The number of H-pyrrole nitrogens is 1. The van der Waals surface area contributed by atoms with E-state index in [9.17, 15) is 9.59 Å². The van der Waals surface area contributed by atoms with E-state index in [0.717, 1.165) is 0 Å². The molecule has 2 rings (SSSR count). The van der Waals surface area contributed by atoms with Crippen LogP contribution in [0, 0.1) is 0 Å². The number of nitrogens with one attached hydrogen (secondary N) is 2. The lowest BCUT2D eigenvalue weighted by molar-refractivity contribution is 0.0696. The Bertz CT molecular complexity index is 632. The number of carbonyl (C=O) groups is 2. The number of rotatable bonds is 4. The fourth-order valence-corrected chi connectivity index (χ4v) is 1.53. The van der Waals surface area contributed by atoms with Crippen LogP contribution in [-0.2, 0) is 0 Å². The van der Waals surface area contributed by atoms with Crippen molar-refractivity contribution in [1.82, 2.24) is 10.2 Å². The smallest absolute Gasteiger partial charge is 0.335 e. The van der Waals surface area contributed by atoms with Crippen LogP contribution < -0.4 is 16.8 Å². The number of hydrogen-bond acceptors (Lipinski definition) is 5. The van der Waals surface area contributed by atoms with E-state index in [-0.39, 0.29) is 22.8 Å². The molecule has 0 fully saturated rings. The number of hydrogen-bond donors (Lipinski definition) is 5. The van der Waals surface area contributed by atoms with Gasteiger partial charge in [0.2, 0.25) is 0 Å². The topological polar surface area (TPSA) is 147 Å². The van der Waals surface area contributed by atoms with Crippen molar-refractivity contribution in [1.29, 1.82) is 0 Å². The summed E-state index contributed by atoms with van der Waals surface area (Å²) in [5.41, 5.74) is 11.5. The van der Waals surface area contributed by atoms with Gasteiger partial charge in [-0.25, -0.2) is 4.79 Å². The Morgan fingerprint density at radius 1 is 1.26 bits per heavy atom. The van der Waals surface area contributed by atoms with Crippen LogP contribution in [0.1, 0.15) is 20.7 Å². The first kappa shape index (κ1) is 12.4. The molecule has 1 heterocycles. The van der Waals surface area contributed by atoms with Gasteiger partial charge in [-0.15, -0.1) is 0 Å². The zero-order chi connectivity index (χ0) is 14.0. The Morgan fingerprint density at radius 3 is 2.42 bits per heavy atom. The molecule has 0 unspecified atom stereocenters. The highest BCUT2D eigenvalue weighted by Crippen LogP contribution is 2.22. The van der Waals surface area contributed by atoms with E-state index in [0.29, 0.717) is 5.69 Å². The minimum atomic E-state index is -1.02. The third-order valence-corrected chi connectivity index (χ3v) is 2.44. The Morgan fingerprint density at radius 2 is 1.89 bits per heavy atom. The zero-order valence-electron chi connectivity index (χ0n) is 9.68. The predicted molar refractivity (Wildman–Crippen MR) is 68.2 cm³/mol. The Balaban J connectivity index is 2.26. The largest absolute Gasteiger partial charge is 0.478 e. The molecule has 0 spiro atoms. The summed E-state index contributed by atoms with van der Waals surface area (Å²) in [6.45, 7) is 0. The number of anilines is 3. The number of aromatic amines is 1. The lowest BCUT2D eigenvalue weighted by atomic mass is 10.2. The molecule has 0 aliphatic carbocycles. The summed E-state index contributed by atoms with van der Waals surface area (Å²) in [5, 5.41) is 17.8. The number of primary amides is 1. The molecule has 8 nitrogen and oxygen atoms in total. The zero-order valence-corrected chi connectivity index (χ0v) is 9.68. The van der Waals surface area contributed by atoms with Crippen LogP contribution in [0.2, 0.25) is 0 Å². The van der Waals surface area contributed by atoms with Gasteiger partial charge in [0.05, 0.1) is 5.56 Å². The van der Waals surface area contributed by atoms with Crippen molar-refractivity contribution in [2.24, 2.45) is 5.73 Å². The van der Waals surface area contributed by atoms with Crippen LogP contribution in [0.3, 0.4) is 0 Å². The Hall–Kier alpha value is -3.03. The molecule has 0 aliphatic heterocycles. The number of nitrogen functional groups attached to an aromatic ring is 1. The van der Waals surface area contributed by atoms with Gasteiger partial charge >= 0.3 is 5.97 Å².